The van der Waals surface area contributed by atoms with Crippen molar-refractivity contribution >= 4 is 32.4 Å². The van der Waals surface area contributed by atoms with E-state index in [1.165, 1.54) is 11.2 Å². The maximum Gasteiger partial charge on any atom is 0.243 e. The zero-order chi connectivity index (χ0) is 15.9. The van der Waals surface area contributed by atoms with E-state index in [1.54, 1.807) is 23.1 Å². The SMILES string of the molecule is CC(=O)N1CCc2cc(S(=O)(=O)N3CCS(=O)CC3)ccc21. The molecule has 0 saturated carbocycles. The van der Waals surface area contributed by atoms with Crippen LogP contribution in [0.3, 0.4) is 0 Å². The molecule has 0 atom stereocenters. The first kappa shape index (κ1) is 15.6. The van der Waals surface area contributed by atoms with Gasteiger partial charge in [-0.25, -0.2) is 8.42 Å². The Kier molecular flexibility index (Phi) is 4.09. The van der Waals surface area contributed by atoms with Gasteiger partial charge in [-0.2, -0.15) is 4.31 Å². The molecule has 0 radical (unpaired) electrons. The summed E-state index contributed by atoms with van der Waals surface area (Å²) in [5.74, 6) is 0.748. The fraction of sp³-hybridized carbons (Fsp3) is 0.500. The minimum atomic E-state index is -3.55. The van der Waals surface area contributed by atoms with Gasteiger partial charge in [0.15, 0.2) is 0 Å². The summed E-state index contributed by atoms with van der Waals surface area (Å²) in [4.78, 5) is 13.5. The molecule has 22 heavy (non-hydrogen) atoms. The van der Waals surface area contributed by atoms with E-state index < -0.39 is 20.8 Å². The van der Waals surface area contributed by atoms with E-state index in [0.717, 1.165) is 11.3 Å². The van der Waals surface area contributed by atoms with E-state index >= 15 is 0 Å². The predicted octanol–water partition coefficient (Wildman–Crippen LogP) is 0.349. The van der Waals surface area contributed by atoms with Gasteiger partial charge in [-0.15, -0.1) is 0 Å². The molecule has 2 aliphatic rings. The summed E-state index contributed by atoms with van der Waals surface area (Å²) < 4.78 is 38.1. The summed E-state index contributed by atoms with van der Waals surface area (Å²) >= 11 is 0. The van der Waals surface area contributed by atoms with E-state index in [4.69, 9.17) is 0 Å². The quantitative estimate of drug-likeness (QED) is 0.777. The van der Waals surface area contributed by atoms with E-state index in [-0.39, 0.29) is 10.8 Å². The first-order chi connectivity index (χ1) is 10.4. The van der Waals surface area contributed by atoms with Gasteiger partial charge in [0.05, 0.1) is 4.90 Å². The number of fused-ring (bicyclic) bond motifs is 1. The highest BCUT2D eigenvalue weighted by Gasteiger charge is 2.30. The fourth-order valence-electron chi connectivity index (χ4n) is 2.88. The lowest BCUT2D eigenvalue weighted by molar-refractivity contribution is -0.116. The Morgan fingerprint density at radius 2 is 1.86 bits per heavy atom. The second kappa shape index (κ2) is 5.75. The van der Waals surface area contributed by atoms with Crippen LogP contribution in [0.5, 0.6) is 0 Å². The molecule has 2 heterocycles. The van der Waals surface area contributed by atoms with Crippen molar-refractivity contribution in [3.63, 3.8) is 0 Å². The van der Waals surface area contributed by atoms with Crippen LogP contribution in [0.25, 0.3) is 0 Å². The Morgan fingerprint density at radius 3 is 2.50 bits per heavy atom. The molecule has 0 N–H and O–H groups in total. The van der Waals surface area contributed by atoms with E-state index in [1.807, 2.05) is 0 Å². The zero-order valence-electron chi connectivity index (χ0n) is 12.3. The molecule has 3 rings (SSSR count). The Bertz CT molecular complexity index is 735. The Hall–Kier alpha value is -1.25. The van der Waals surface area contributed by atoms with Crippen LogP contribution in [0.1, 0.15) is 12.5 Å². The fourth-order valence-corrected chi connectivity index (χ4v) is 5.65. The van der Waals surface area contributed by atoms with E-state index in [0.29, 0.717) is 37.6 Å². The van der Waals surface area contributed by atoms with Crippen molar-refractivity contribution in [3.8, 4) is 0 Å². The second-order valence-corrected chi connectivity index (χ2v) is 9.10. The van der Waals surface area contributed by atoms with Gasteiger partial charge >= 0.3 is 0 Å². The summed E-state index contributed by atoms with van der Waals surface area (Å²) in [6.07, 6.45) is 0.669. The first-order valence-electron chi connectivity index (χ1n) is 7.16. The summed E-state index contributed by atoms with van der Waals surface area (Å²) in [6.45, 7) is 2.70. The highest BCUT2D eigenvalue weighted by atomic mass is 32.2. The molecule has 0 aromatic heterocycles. The van der Waals surface area contributed by atoms with Crippen LogP contribution in [-0.2, 0) is 32.0 Å². The molecule has 1 fully saturated rings. The maximum absolute atomic E-state index is 12.7. The molecule has 6 nitrogen and oxygen atoms in total. The highest BCUT2D eigenvalue weighted by molar-refractivity contribution is 7.89. The molecule has 8 heteroatoms. The molecule has 120 valence electrons. The average Bonchev–Trinajstić information content (AvgIpc) is 2.90. The monoisotopic (exact) mass is 342 g/mol. The van der Waals surface area contributed by atoms with E-state index in [9.17, 15) is 17.4 Å². The van der Waals surface area contributed by atoms with Crippen molar-refractivity contribution < 1.29 is 17.4 Å². The van der Waals surface area contributed by atoms with Crippen molar-refractivity contribution in [3.05, 3.63) is 23.8 Å². The largest absolute Gasteiger partial charge is 0.312 e. The molecule has 2 aliphatic heterocycles. The standard InChI is InChI=1S/C14H18N2O4S2/c1-11(17)16-5-4-12-10-13(2-3-14(12)16)22(19,20)15-6-8-21(18)9-7-15/h2-3,10H,4-9H2,1H3. The third-order valence-electron chi connectivity index (χ3n) is 4.10. The lowest BCUT2D eigenvalue weighted by atomic mass is 10.2. The molecule has 1 amide bonds. The third-order valence-corrected chi connectivity index (χ3v) is 7.27. The van der Waals surface area contributed by atoms with Crippen molar-refractivity contribution in [1.82, 2.24) is 4.31 Å². The summed E-state index contributed by atoms with van der Waals surface area (Å²) in [7, 11) is -4.46. The average molecular weight is 342 g/mol. The number of anilines is 1. The van der Waals surface area contributed by atoms with Gasteiger partial charge in [-0.1, -0.05) is 0 Å². The van der Waals surface area contributed by atoms with Gasteiger partial charge in [0, 0.05) is 54.6 Å². The Morgan fingerprint density at radius 1 is 1.18 bits per heavy atom. The van der Waals surface area contributed by atoms with Crippen LogP contribution in [0.15, 0.2) is 23.1 Å². The second-order valence-electron chi connectivity index (χ2n) is 5.46. The number of rotatable bonds is 2. The minimum Gasteiger partial charge on any atom is -0.312 e. The molecule has 1 aromatic carbocycles. The third kappa shape index (κ3) is 2.70. The van der Waals surface area contributed by atoms with Crippen molar-refractivity contribution in [1.29, 1.82) is 0 Å². The molecule has 0 aliphatic carbocycles. The van der Waals surface area contributed by atoms with Gasteiger partial charge < -0.3 is 4.90 Å². The van der Waals surface area contributed by atoms with Crippen molar-refractivity contribution in [2.45, 2.75) is 18.2 Å². The molecule has 1 aromatic rings. The smallest absolute Gasteiger partial charge is 0.243 e. The van der Waals surface area contributed by atoms with Crippen LogP contribution in [-0.4, -0.2) is 54.0 Å². The molecular weight excluding hydrogens is 324 g/mol. The number of benzene rings is 1. The van der Waals surface area contributed by atoms with Crippen molar-refractivity contribution in [2.75, 3.05) is 36.0 Å². The number of amides is 1. The Balaban J connectivity index is 1.90. The number of nitrogens with zero attached hydrogens (tertiary/aromatic N) is 2. The highest BCUT2D eigenvalue weighted by Crippen LogP contribution is 2.31. The summed E-state index contributed by atoms with van der Waals surface area (Å²) in [5.41, 5.74) is 1.68. The van der Waals surface area contributed by atoms with Crippen molar-refractivity contribution in [2.24, 2.45) is 0 Å². The van der Waals surface area contributed by atoms with Crippen LogP contribution in [0, 0.1) is 0 Å². The lowest BCUT2D eigenvalue weighted by Gasteiger charge is -2.25. The first-order valence-corrected chi connectivity index (χ1v) is 10.1. The molecule has 0 bridgehead atoms. The number of carbonyl (C=O) groups is 1. The summed E-state index contributed by atoms with van der Waals surface area (Å²) in [5, 5.41) is 0. The number of carbonyl (C=O) groups excluding carboxylic acids is 1. The summed E-state index contributed by atoms with van der Waals surface area (Å²) in [6, 6.07) is 4.93. The van der Waals surface area contributed by atoms with E-state index in [2.05, 4.69) is 0 Å². The zero-order valence-corrected chi connectivity index (χ0v) is 14.0. The van der Waals surface area contributed by atoms with Gasteiger partial charge in [0.25, 0.3) is 0 Å². The minimum absolute atomic E-state index is 0.0344. The molecule has 1 saturated heterocycles. The van der Waals surface area contributed by atoms with Crippen LogP contribution >= 0.6 is 0 Å². The lowest BCUT2D eigenvalue weighted by Crippen LogP contribution is -2.41. The Labute approximate surface area is 132 Å². The molecule has 0 unspecified atom stereocenters. The normalized spacial score (nSPS) is 20.1. The van der Waals surface area contributed by atoms with Gasteiger partial charge in [-0.05, 0) is 30.2 Å². The van der Waals surface area contributed by atoms with Gasteiger partial charge in [0.1, 0.15) is 0 Å². The maximum atomic E-state index is 12.7. The van der Waals surface area contributed by atoms with Gasteiger partial charge in [-0.3, -0.25) is 9.00 Å². The number of hydrogen-bond donors (Lipinski definition) is 0. The molecule has 0 spiro atoms. The van der Waals surface area contributed by atoms with Crippen LogP contribution in [0.2, 0.25) is 0 Å². The predicted molar refractivity (Wildman–Crippen MR) is 84.8 cm³/mol. The number of sulfonamides is 1. The molecular formula is C14H18N2O4S2. The van der Waals surface area contributed by atoms with Gasteiger partial charge in [0.2, 0.25) is 15.9 Å². The van der Waals surface area contributed by atoms with Crippen LogP contribution < -0.4 is 4.90 Å². The number of hydrogen-bond acceptors (Lipinski definition) is 4. The van der Waals surface area contributed by atoms with Crippen LogP contribution in [0.4, 0.5) is 5.69 Å². The topological polar surface area (TPSA) is 74.8 Å².